The largest absolute Gasteiger partial charge is 0.469 e. The van der Waals surface area contributed by atoms with Crippen LogP contribution in [0.2, 0.25) is 0 Å². The fourth-order valence-corrected chi connectivity index (χ4v) is 2.97. The zero-order valence-electron chi connectivity index (χ0n) is 11.5. The van der Waals surface area contributed by atoms with Crippen molar-refractivity contribution in [2.75, 3.05) is 0 Å². The van der Waals surface area contributed by atoms with Crippen molar-refractivity contribution in [2.24, 2.45) is 5.92 Å². The topological polar surface area (TPSA) is 33.4 Å². The molecule has 0 aliphatic heterocycles. The molecule has 1 heterocycles. The number of rotatable bonds is 6. The Kier molecular flexibility index (Phi) is 5.30. The Bertz CT molecular complexity index is 337. The van der Waals surface area contributed by atoms with E-state index >= 15 is 0 Å². The minimum Gasteiger partial charge on any atom is -0.469 e. The molecule has 1 aromatic heterocycles. The van der Waals surface area contributed by atoms with Crippen LogP contribution in [0.4, 0.5) is 0 Å². The van der Waals surface area contributed by atoms with Crippen molar-refractivity contribution in [3.05, 3.63) is 23.7 Å². The molecule has 1 aromatic rings. The number of hydrogen-bond acceptors (Lipinski definition) is 2. The highest BCUT2D eigenvalue weighted by molar-refractivity contribution is 5.15. The van der Waals surface area contributed by atoms with Crippen LogP contribution in [0.25, 0.3) is 0 Å². The number of furan rings is 1. The predicted molar refractivity (Wildman–Crippen MR) is 73.5 cm³/mol. The van der Waals surface area contributed by atoms with Crippen molar-refractivity contribution in [2.45, 2.75) is 70.8 Å². The summed E-state index contributed by atoms with van der Waals surface area (Å²) >= 11 is 0. The molecule has 1 saturated carbocycles. The molecule has 0 saturated heterocycles. The number of aliphatic hydroxyl groups is 1. The van der Waals surface area contributed by atoms with E-state index in [-0.39, 0.29) is 6.10 Å². The van der Waals surface area contributed by atoms with Crippen molar-refractivity contribution < 1.29 is 9.52 Å². The lowest BCUT2D eigenvalue weighted by Crippen LogP contribution is -2.06. The van der Waals surface area contributed by atoms with Gasteiger partial charge in [0.1, 0.15) is 5.76 Å². The van der Waals surface area contributed by atoms with Gasteiger partial charge in [-0.05, 0) is 24.8 Å². The summed E-state index contributed by atoms with van der Waals surface area (Å²) in [5, 5.41) is 9.89. The van der Waals surface area contributed by atoms with Crippen molar-refractivity contribution in [1.82, 2.24) is 0 Å². The summed E-state index contributed by atoms with van der Waals surface area (Å²) in [6.07, 6.45) is 12.5. The molecule has 2 rings (SSSR count). The molecule has 0 spiro atoms. The monoisotopic (exact) mass is 250 g/mol. The maximum atomic E-state index is 9.89. The summed E-state index contributed by atoms with van der Waals surface area (Å²) in [5.41, 5.74) is 0.954. The first-order chi connectivity index (χ1) is 8.79. The van der Waals surface area contributed by atoms with E-state index < -0.39 is 0 Å². The molecule has 102 valence electrons. The fourth-order valence-electron chi connectivity index (χ4n) is 2.97. The van der Waals surface area contributed by atoms with Crippen LogP contribution in [-0.4, -0.2) is 5.11 Å². The van der Waals surface area contributed by atoms with Crippen molar-refractivity contribution in [3.8, 4) is 0 Å². The molecular weight excluding hydrogens is 224 g/mol. The molecule has 1 atom stereocenters. The van der Waals surface area contributed by atoms with E-state index in [0.29, 0.717) is 0 Å². The molecule has 1 aliphatic carbocycles. The van der Waals surface area contributed by atoms with Crippen LogP contribution in [0.5, 0.6) is 0 Å². The third-order valence-corrected chi connectivity index (χ3v) is 4.14. The minimum atomic E-state index is -0.345. The molecule has 1 unspecified atom stereocenters. The second-order valence-electron chi connectivity index (χ2n) is 5.69. The molecule has 0 radical (unpaired) electrons. The van der Waals surface area contributed by atoms with E-state index in [1.54, 1.807) is 6.26 Å². The Hall–Kier alpha value is -0.760. The lowest BCUT2D eigenvalue weighted by Gasteiger charge is -2.20. The van der Waals surface area contributed by atoms with Crippen LogP contribution in [0.3, 0.4) is 0 Å². The number of aryl methyl sites for hydroxylation is 1. The van der Waals surface area contributed by atoms with E-state index in [4.69, 9.17) is 4.42 Å². The van der Waals surface area contributed by atoms with Crippen LogP contribution >= 0.6 is 0 Å². The highest BCUT2D eigenvalue weighted by Crippen LogP contribution is 2.28. The Morgan fingerprint density at radius 2 is 2.11 bits per heavy atom. The smallest absolute Gasteiger partial charge is 0.104 e. The lowest BCUT2D eigenvalue weighted by molar-refractivity contribution is 0.165. The first kappa shape index (κ1) is 13.7. The van der Waals surface area contributed by atoms with Gasteiger partial charge in [-0.15, -0.1) is 0 Å². The van der Waals surface area contributed by atoms with E-state index in [1.165, 1.54) is 38.5 Å². The van der Waals surface area contributed by atoms with Crippen LogP contribution in [-0.2, 0) is 6.42 Å². The van der Waals surface area contributed by atoms with Gasteiger partial charge in [-0.2, -0.15) is 0 Å². The Morgan fingerprint density at radius 3 is 2.83 bits per heavy atom. The normalized spacial score (nSPS) is 19.0. The average Bonchev–Trinajstić information content (AvgIpc) is 2.87. The SMILES string of the molecule is CCCC(O)c1coc(CCC2CCCCC2)c1. The van der Waals surface area contributed by atoms with E-state index in [0.717, 1.165) is 36.5 Å². The summed E-state index contributed by atoms with van der Waals surface area (Å²) in [6.45, 7) is 2.09. The Balaban J connectivity index is 1.79. The Labute approximate surface area is 110 Å². The molecule has 0 amide bonds. The number of hydrogen-bond donors (Lipinski definition) is 1. The van der Waals surface area contributed by atoms with Gasteiger partial charge in [-0.1, -0.05) is 45.4 Å². The lowest BCUT2D eigenvalue weighted by atomic mass is 9.86. The van der Waals surface area contributed by atoms with E-state index in [1.807, 2.05) is 6.07 Å². The molecule has 1 aliphatic rings. The van der Waals surface area contributed by atoms with Crippen molar-refractivity contribution in [3.63, 3.8) is 0 Å². The van der Waals surface area contributed by atoms with Gasteiger partial charge in [-0.3, -0.25) is 0 Å². The second-order valence-corrected chi connectivity index (χ2v) is 5.69. The molecular formula is C16H26O2. The molecule has 0 aromatic carbocycles. The van der Waals surface area contributed by atoms with Crippen LogP contribution in [0.1, 0.15) is 75.7 Å². The van der Waals surface area contributed by atoms with Gasteiger partial charge in [0.25, 0.3) is 0 Å². The summed E-state index contributed by atoms with van der Waals surface area (Å²) in [4.78, 5) is 0. The van der Waals surface area contributed by atoms with Gasteiger partial charge in [0.2, 0.25) is 0 Å². The maximum absolute atomic E-state index is 9.89. The summed E-state index contributed by atoms with van der Waals surface area (Å²) in [6, 6.07) is 2.04. The van der Waals surface area contributed by atoms with Crippen molar-refractivity contribution >= 4 is 0 Å². The quantitative estimate of drug-likeness (QED) is 0.798. The highest BCUT2D eigenvalue weighted by atomic mass is 16.3. The van der Waals surface area contributed by atoms with Gasteiger partial charge in [0.05, 0.1) is 12.4 Å². The Morgan fingerprint density at radius 1 is 1.33 bits per heavy atom. The molecule has 1 N–H and O–H groups in total. The van der Waals surface area contributed by atoms with E-state index in [9.17, 15) is 5.11 Å². The standard InChI is InChI=1S/C16H26O2/c1-2-6-16(17)14-11-15(18-12-14)10-9-13-7-4-3-5-8-13/h11-13,16-17H,2-10H2,1H3. The van der Waals surface area contributed by atoms with Gasteiger partial charge in [0, 0.05) is 12.0 Å². The van der Waals surface area contributed by atoms with Crippen LogP contribution < -0.4 is 0 Å². The molecule has 2 nitrogen and oxygen atoms in total. The van der Waals surface area contributed by atoms with Gasteiger partial charge in [0.15, 0.2) is 0 Å². The fraction of sp³-hybridized carbons (Fsp3) is 0.750. The summed E-state index contributed by atoms with van der Waals surface area (Å²) < 4.78 is 5.56. The third-order valence-electron chi connectivity index (χ3n) is 4.14. The van der Waals surface area contributed by atoms with Gasteiger partial charge >= 0.3 is 0 Å². The van der Waals surface area contributed by atoms with Gasteiger partial charge in [-0.25, -0.2) is 0 Å². The molecule has 0 bridgehead atoms. The summed E-state index contributed by atoms with van der Waals surface area (Å²) in [7, 11) is 0. The number of aliphatic hydroxyl groups excluding tert-OH is 1. The molecule has 2 heteroatoms. The average molecular weight is 250 g/mol. The molecule has 18 heavy (non-hydrogen) atoms. The van der Waals surface area contributed by atoms with Crippen LogP contribution in [0.15, 0.2) is 16.7 Å². The zero-order chi connectivity index (χ0) is 12.8. The summed E-state index contributed by atoms with van der Waals surface area (Å²) in [5.74, 6) is 1.94. The van der Waals surface area contributed by atoms with Crippen LogP contribution in [0, 0.1) is 5.92 Å². The second kappa shape index (κ2) is 6.98. The predicted octanol–water partition coefficient (Wildman–Crippen LogP) is 4.63. The van der Waals surface area contributed by atoms with E-state index in [2.05, 4.69) is 6.92 Å². The van der Waals surface area contributed by atoms with Crippen molar-refractivity contribution in [1.29, 1.82) is 0 Å². The third kappa shape index (κ3) is 3.88. The minimum absolute atomic E-state index is 0.345. The van der Waals surface area contributed by atoms with Gasteiger partial charge < -0.3 is 9.52 Å². The first-order valence-corrected chi connectivity index (χ1v) is 7.55. The maximum Gasteiger partial charge on any atom is 0.104 e. The zero-order valence-corrected chi connectivity index (χ0v) is 11.5. The first-order valence-electron chi connectivity index (χ1n) is 7.55. The molecule has 1 fully saturated rings. The highest BCUT2D eigenvalue weighted by Gasteiger charge is 2.15.